The van der Waals surface area contributed by atoms with E-state index in [4.69, 9.17) is 4.74 Å². The number of benzene rings is 2. The molecule has 2 aromatic rings. The van der Waals surface area contributed by atoms with Gasteiger partial charge in [-0.1, -0.05) is 13.0 Å². The maximum Gasteiger partial charge on any atom is 0.269 e. The van der Waals surface area contributed by atoms with Gasteiger partial charge in [-0.15, -0.1) is 0 Å². The number of carbonyl (C=O) groups is 3. The minimum absolute atomic E-state index is 0.00361. The molecule has 0 unspecified atom stereocenters. The van der Waals surface area contributed by atoms with Crippen molar-refractivity contribution in [3.8, 4) is 5.75 Å². The number of nitrogens with one attached hydrogen (secondary N) is 3. The van der Waals surface area contributed by atoms with E-state index in [1.165, 1.54) is 0 Å². The summed E-state index contributed by atoms with van der Waals surface area (Å²) < 4.78 is 6.19. The van der Waals surface area contributed by atoms with Crippen molar-refractivity contribution >= 4 is 39.3 Å². The fraction of sp³-hybridized carbons (Fsp3) is 0.318. The Labute approximate surface area is 184 Å². The van der Waals surface area contributed by atoms with E-state index in [2.05, 4.69) is 32.1 Å². The number of ether oxygens (including phenoxy) is 1. The summed E-state index contributed by atoms with van der Waals surface area (Å²) in [7, 11) is 0. The van der Waals surface area contributed by atoms with Crippen LogP contribution in [0.15, 0.2) is 40.9 Å². The zero-order chi connectivity index (χ0) is 22.1. The molecule has 2 aromatic carbocycles. The second kappa shape index (κ2) is 11.3. The Balaban J connectivity index is 1.77. The predicted octanol–water partition coefficient (Wildman–Crippen LogP) is 4.03. The van der Waals surface area contributed by atoms with Crippen LogP contribution < -0.4 is 20.9 Å². The van der Waals surface area contributed by atoms with Crippen LogP contribution in [-0.4, -0.2) is 24.3 Å². The molecule has 3 N–H and O–H groups in total. The van der Waals surface area contributed by atoms with Crippen LogP contribution in [-0.2, 0) is 9.59 Å². The van der Waals surface area contributed by atoms with Crippen LogP contribution in [0, 0.1) is 13.8 Å². The first-order chi connectivity index (χ1) is 14.3. The Hall–Kier alpha value is -2.87. The van der Waals surface area contributed by atoms with E-state index in [-0.39, 0.29) is 18.7 Å². The summed E-state index contributed by atoms with van der Waals surface area (Å²) in [6.07, 6.45) is 0.831. The van der Waals surface area contributed by atoms with Crippen molar-refractivity contribution in [2.75, 3.05) is 11.9 Å². The monoisotopic (exact) mass is 475 g/mol. The molecule has 0 atom stereocenters. The number of anilines is 1. The average Bonchev–Trinajstić information content (AvgIpc) is 2.72. The van der Waals surface area contributed by atoms with Gasteiger partial charge in [-0.05, 0) is 77.7 Å². The summed E-state index contributed by atoms with van der Waals surface area (Å²) in [6, 6.07) is 10.5. The predicted molar refractivity (Wildman–Crippen MR) is 119 cm³/mol. The first-order valence-corrected chi connectivity index (χ1v) is 10.5. The molecule has 160 valence electrons. The maximum absolute atomic E-state index is 12.2. The number of hydrogen-bond acceptors (Lipinski definition) is 4. The maximum atomic E-state index is 12.2. The highest BCUT2D eigenvalue weighted by Gasteiger charge is 2.12. The minimum Gasteiger partial charge on any atom is -0.492 e. The Morgan fingerprint density at radius 2 is 1.67 bits per heavy atom. The van der Waals surface area contributed by atoms with Gasteiger partial charge in [0.05, 0.1) is 11.1 Å². The summed E-state index contributed by atoms with van der Waals surface area (Å²) in [5.41, 5.74) is 7.92. The second-order valence-electron chi connectivity index (χ2n) is 6.84. The standard InChI is InChI=1S/C22H26BrN3O4/c1-4-11-30-19-8-6-16(13-18(19)23)22(29)26-25-21(28)10-9-20(27)24-17-7-5-14(2)15(3)12-17/h5-8,12-13H,4,9-11H2,1-3H3,(H,24,27)(H,25,28)(H,26,29). The van der Waals surface area contributed by atoms with Gasteiger partial charge >= 0.3 is 0 Å². The number of amides is 3. The van der Waals surface area contributed by atoms with Crippen molar-refractivity contribution in [1.82, 2.24) is 10.9 Å². The number of carbonyl (C=O) groups excluding carboxylic acids is 3. The van der Waals surface area contributed by atoms with E-state index in [0.717, 1.165) is 17.5 Å². The molecule has 0 bridgehead atoms. The van der Waals surface area contributed by atoms with Crippen LogP contribution in [0.2, 0.25) is 0 Å². The van der Waals surface area contributed by atoms with E-state index < -0.39 is 11.8 Å². The molecule has 2 rings (SSSR count). The molecule has 0 saturated heterocycles. The van der Waals surface area contributed by atoms with Crippen molar-refractivity contribution in [2.45, 2.75) is 40.0 Å². The molecule has 0 aliphatic heterocycles. The van der Waals surface area contributed by atoms with E-state index in [0.29, 0.717) is 28.1 Å². The Kier molecular flexibility index (Phi) is 8.86. The first-order valence-electron chi connectivity index (χ1n) is 9.68. The van der Waals surface area contributed by atoms with E-state index in [9.17, 15) is 14.4 Å². The summed E-state index contributed by atoms with van der Waals surface area (Å²) in [6.45, 7) is 6.54. The molecular weight excluding hydrogens is 450 g/mol. The highest BCUT2D eigenvalue weighted by molar-refractivity contribution is 9.10. The zero-order valence-corrected chi connectivity index (χ0v) is 18.9. The molecular formula is C22H26BrN3O4. The van der Waals surface area contributed by atoms with Gasteiger partial charge in [0.25, 0.3) is 5.91 Å². The fourth-order valence-electron chi connectivity index (χ4n) is 2.50. The second-order valence-corrected chi connectivity index (χ2v) is 7.70. The zero-order valence-electron chi connectivity index (χ0n) is 17.3. The lowest BCUT2D eigenvalue weighted by Gasteiger charge is -2.10. The number of halogens is 1. The Morgan fingerprint density at radius 3 is 2.33 bits per heavy atom. The third-order valence-electron chi connectivity index (χ3n) is 4.34. The molecule has 8 heteroatoms. The highest BCUT2D eigenvalue weighted by Crippen LogP contribution is 2.26. The smallest absolute Gasteiger partial charge is 0.269 e. The van der Waals surface area contributed by atoms with Gasteiger partial charge in [0, 0.05) is 24.1 Å². The van der Waals surface area contributed by atoms with Crippen LogP contribution in [0.3, 0.4) is 0 Å². The lowest BCUT2D eigenvalue weighted by Crippen LogP contribution is -2.41. The van der Waals surface area contributed by atoms with E-state index in [1.54, 1.807) is 18.2 Å². The minimum atomic E-state index is -0.467. The fourth-order valence-corrected chi connectivity index (χ4v) is 3.00. The average molecular weight is 476 g/mol. The van der Waals surface area contributed by atoms with Gasteiger partial charge in [0.15, 0.2) is 0 Å². The summed E-state index contributed by atoms with van der Waals surface area (Å²) >= 11 is 3.37. The Bertz CT molecular complexity index is 931. The highest BCUT2D eigenvalue weighted by atomic mass is 79.9. The van der Waals surface area contributed by atoms with Crippen LogP contribution in [0.5, 0.6) is 5.75 Å². The van der Waals surface area contributed by atoms with Gasteiger partial charge in [0.1, 0.15) is 5.75 Å². The number of aryl methyl sites for hydroxylation is 2. The van der Waals surface area contributed by atoms with Crippen LogP contribution >= 0.6 is 15.9 Å². The molecule has 0 aliphatic rings. The van der Waals surface area contributed by atoms with Crippen molar-refractivity contribution < 1.29 is 19.1 Å². The number of rotatable bonds is 8. The van der Waals surface area contributed by atoms with Crippen molar-refractivity contribution in [1.29, 1.82) is 0 Å². The van der Waals surface area contributed by atoms with Crippen molar-refractivity contribution in [2.24, 2.45) is 0 Å². The topological polar surface area (TPSA) is 96.5 Å². The van der Waals surface area contributed by atoms with Crippen molar-refractivity contribution in [3.05, 3.63) is 57.6 Å². The van der Waals surface area contributed by atoms with Gasteiger partial charge in [-0.25, -0.2) is 0 Å². The first kappa shape index (κ1) is 23.4. The summed E-state index contributed by atoms with van der Waals surface area (Å²) in [4.78, 5) is 36.2. The van der Waals surface area contributed by atoms with Crippen LogP contribution in [0.25, 0.3) is 0 Å². The summed E-state index contributed by atoms with van der Waals surface area (Å²) in [5, 5.41) is 2.76. The van der Waals surface area contributed by atoms with Crippen molar-refractivity contribution in [3.63, 3.8) is 0 Å². The quantitative estimate of drug-likeness (QED) is 0.502. The Morgan fingerprint density at radius 1 is 0.933 bits per heavy atom. The molecule has 0 radical (unpaired) electrons. The molecule has 0 fully saturated rings. The van der Waals surface area contributed by atoms with E-state index >= 15 is 0 Å². The summed E-state index contributed by atoms with van der Waals surface area (Å²) in [5.74, 6) is -0.551. The lowest BCUT2D eigenvalue weighted by atomic mass is 10.1. The SMILES string of the molecule is CCCOc1ccc(C(=O)NNC(=O)CCC(=O)Nc2ccc(C)c(C)c2)cc1Br. The molecule has 0 saturated carbocycles. The molecule has 0 heterocycles. The third kappa shape index (κ3) is 7.18. The molecule has 30 heavy (non-hydrogen) atoms. The van der Waals surface area contributed by atoms with Crippen LogP contribution in [0.4, 0.5) is 5.69 Å². The molecule has 0 aliphatic carbocycles. The normalized spacial score (nSPS) is 10.3. The molecule has 0 aromatic heterocycles. The third-order valence-corrected chi connectivity index (χ3v) is 4.96. The van der Waals surface area contributed by atoms with E-state index in [1.807, 2.05) is 39.0 Å². The number of hydrogen-bond donors (Lipinski definition) is 3. The lowest BCUT2D eigenvalue weighted by molar-refractivity contribution is -0.124. The van der Waals surface area contributed by atoms with Gasteiger partial charge in [-0.2, -0.15) is 0 Å². The molecule has 7 nitrogen and oxygen atoms in total. The number of hydrazine groups is 1. The van der Waals surface area contributed by atoms with Crippen LogP contribution in [0.1, 0.15) is 47.7 Å². The molecule has 3 amide bonds. The van der Waals surface area contributed by atoms with Gasteiger partial charge < -0.3 is 10.1 Å². The van der Waals surface area contributed by atoms with Gasteiger partial charge in [-0.3, -0.25) is 25.2 Å². The molecule has 0 spiro atoms. The van der Waals surface area contributed by atoms with Gasteiger partial charge in [0.2, 0.25) is 11.8 Å². The largest absolute Gasteiger partial charge is 0.492 e.